The van der Waals surface area contributed by atoms with Crippen LogP contribution in [0.1, 0.15) is 31.9 Å². The van der Waals surface area contributed by atoms with Gasteiger partial charge in [0.2, 0.25) is 5.91 Å². The second kappa shape index (κ2) is 6.40. The molecule has 1 aromatic rings. The van der Waals surface area contributed by atoms with Crippen molar-refractivity contribution in [2.24, 2.45) is 11.7 Å². The molecule has 2 atom stereocenters. The first-order valence-corrected chi connectivity index (χ1v) is 6.07. The lowest BCUT2D eigenvalue weighted by atomic mass is 10.0. The molecule has 0 saturated carbocycles. The Hall–Kier alpha value is -1.35. The Kier molecular flexibility index (Phi) is 5.16. The van der Waals surface area contributed by atoms with Gasteiger partial charge in [0, 0.05) is 13.5 Å². The number of amides is 1. The summed E-state index contributed by atoms with van der Waals surface area (Å²) in [5.41, 5.74) is 6.69. The molecule has 94 valence electrons. The molecule has 0 aliphatic heterocycles. The van der Waals surface area contributed by atoms with Crippen molar-refractivity contribution in [1.82, 2.24) is 4.90 Å². The van der Waals surface area contributed by atoms with E-state index >= 15 is 0 Å². The largest absolute Gasteiger partial charge is 0.339 e. The predicted molar refractivity (Wildman–Crippen MR) is 70.5 cm³/mol. The molecule has 0 saturated heterocycles. The molecule has 0 fully saturated rings. The number of hydrogen-bond acceptors (Lipinski definition) is 2. The topological polar surface area (TPSA) is 46.3 Å². The minimum absolute atomic E-state index is 0.105. The maximum atomic E-state index is 12.0. The summed E-state index contributed by atoms with van der Waals surface area (Å²) in [6, 6.07) is 10.2. The quantitative estimate of drug-likeness (QED) is 0.849. The normalized spacial score (nSPS) is 14.1. The minimum Gasteiger partial charge on any atom is -0.339 e. The van der Waals surface area contributed by atoms with Crippen LogP contribution < -0.4 is 5.73 Å². The maximum absolute atomic E-state index is 12.0. The molecule has 2 N–H and O–H groups in total. The summed E-state index contributed by atoms with van der Waals surface area (Å²) in [6.45, 7) is 4.60. The summed E-state index contributed by atoms with van der Waals surface area (Å²) in [5, 5.41) is 0. The van der Waals surface area contributed by atoms with Gasteiger partial charge in [-0.3, -0.25) is 4.79 Å². The van der Waals surface area contributed by atoms with Gasteiger partial charge in [-0.25, -0.2) is 0 Å². The molecular weight excluding hydrogens is 212 g/mol. The molecule has 0 aromatic heterocycles. The molecule has 1 amide bonds. The van der Waals surface area contributed by atoms with E-state index in [2.05, 4.69) is 0 Å². The van der Waals surface area contributed by atoms with Gasteiger partial charge < -0.3 is 10.6 Å². The zero-order chi connectivity index (χ0) is 12.8. The molecule has 1 rings (SSSR count). The predicted octanol–water partition coefficient (Wildman–Crippen LogP) is 2.19. The van der Waals surface area contributed by atoms with Crippen LogP contribution in [0.5, 0.6) is 0 Å². The highest BCUT2D eigenvalue weighted by Gasteiger charge is 2.18. The molecule has 0 spiro atoms. The van der Waals surface area contributed by atoms with Crippen molar-refractivity contribution in [3.63, 3.8) is 0 Å². The molecule has 0 aliphatic carbocycles. The number of nitrogens with zero attached hydrogens (tertiary/aromatic N) is 1. The van der Waals surface area contributed by atoms with Crippen LogP contribution in [0.25, 0.3) is 0 Å². The Morgan fingerprint density at radius 2 is 1.88 bits per heavy atom. The highest BCUT2D eigenvalue weighted by molar-refractivity contribution is 5.76. The Morgan fingerprint density at radius 3 is 2.41 bits per heavy atom. The molecule has 0 aliphatic rings. The summed E-state index contributed by atoms with van der Waals surface area (Å²) in [6.07, 6.45) is 0.518. The third-order valence-corrected chi connectivity index (χ3v) is 3.18. The van der Waals surface area contributed by atoms with Crippen LogP contribution in [0.4, 0.5) is 0 Å². The Labute approximate surface area is 104 Å². The monoisotopic (exact) mass is 234 g/mol. The van der Waals surface area contributed by atoms with E-state index in [1.807, 2.05) is 51.2 Å². The van der Waals surface area contributed by atoms with Crippen LogP contribution >= 0.6 is 0 Å². The average Bonchev–Trinajstić information content (AvgIpc) is 2.37. The van der Waals surface area contributed by atoms with Gasteiger partial charge >= 0.3 is 0 Å². The molecule has 3 heteroatoms. The second-order valence-corrected chi connectivity index (χ2v) is 4.64. The standard InChI is InChI=1S/C14H22N2O/c1-11(10-15)9-14(17)16(3)12(2)13-7-5-4-6-8-13/h4-8,11-12H,9-10,15H2,1-3H3. The van der Waals surface area contributed by atoms with Crippen molar-refractivity contribution >= 4 is 5.91 Å². The van der Waals surface area contributed by atoms with Crippen LogP contribution in [0.2, 0.25) is 0 Å². The van der Waals surface area contributed by atoms with Gasteiger partial charge in [0.25, 0.3) is 0 Å². The fourth-order valence-corrected chi connectivity index (χ4v) is 1.70. The van der Waals surface area contributed by atoms with Crippen LogP contribution in [-0.4, -0.2) is 24.4 Å². The van der Waals surface area contributed by atoms with Crippen LogP contribution in [0.15, 0.2) is 30.3 Å². The van der Waals surface area contributed by atoms with E-state index in [4.69, 9.17) is 5.73 Å². The van der Waals surface area contributed by atoms with Crippen molar-refractivity contribution in [3.8, 4) is 0 Å². The SMILES string of the molecule is CC(CN)CC(=O)N(C)C(C)c1ccccc1. The van der Waals surface area contributed by atoms with E-state index in [9.17, 15) is 4.79 Å². The molecule has 2 unspecified atom stereocenters. The molecule has 17 heavy (non-hydrogen) atoms. The van der Waals surface area contributed by atoms with Gasteiger partial charge in [-0.15, -0.1) is 0 Å². The third-order valence-electron chi connectivity index (χ3n) is 3.18. The molecule has 1 aromatic carbocycles. The van der Waals surface area contributed by atoms with Crippen molar-refractivity contribution < 1.29 is 4.79 Å². The highest BCUT2D eigenvalue weighted by atomic mass is 16.2. The first kappa shape index (κ1) is 13.7. The smallest absolute Gasteiger partial charge is 0.223 e. The highest BCUT2D eigenvalue weighted by Crippen LogP contribution is 2.19. The third kappa shape index (κ3) is 3.86. The number of carbonyl (C=O) groups excluding carboxylic acids is 1. The Balaban J connectivity index is 2.63. The molecule has 0 bridgehead atoms. The van der Waals surface area contributed by atoms with Crippen LogP contribution in [-0.2, 0) is 4.79 Å². The molecule has 0 radical (unpaired) electrons. The van der Waals surface area contributed by atoms with E-state index in [-0.39, 0.29) is 17.9 Å². The second-order valence-electron chi connectivity index (χ2n) is 4.64. The van der Waals surface area contributed by atoms with Gasteiger partial charge in [0.1, 0.15) is 0 Å². The fraction of sp³-hybridized carbons (Fsp3) is 0.500. The van der Waals surface area contributed by atoms with E-state index in [0.717, 1.165) is 5.56 Å². The summed E-state index contributed by atoms with van der Waals surface area (Å²) in [4.78, 5) is 13.8. The average molecular weight is 234 g/mol. The lowest BCUT2D eigenvalue weighted by Gasteiger charge is -2.26. The first-order chi connectivity index (χ1) is 8.06. The zero-order valence-corrected chi connectivity index (χ0v) is 10.9. The number of benzene rings is 1. The Morgan fingerprint density at radius 1 is 1.29 bits per heavy atom. The van der Waals surface area contributed by atoms with Crippen molar-refractivity contribution in [1.29, 1.82) is 0 Å². The van der Waals surface area contributed by atoms with Gasteiger partial charge in [0.05, 0.1) is 6.04 Å². The fourth-order valence-electron chi connectivity index (χ4n) is 1.70. The zero-order valence-electron chi connectivity index (χ0n) is 10.9. The molecule has 0 heterocycles. The Bertz CT molecular complexity index is 350. The molecular formula is C14H22N2O. The summed E-state index contributed by atoms with van der Waals surface area (Å²) >= 11 is 0. The van der Waals surface area contributed by atoms with Crippen molar-refractivity contribution in [2.75, 3.05) is 13.6 Å². The van der Waals surface area contributed by atoms with Crippen molar-refractivity contribution in [3.05, 3.63) is 35.9 Å². The summed E-state index contributed by atoms with van der Waals surface area (Å²) in [5.74, 6) is 0.396. The maximum Gasteiger partial charge on any atom is 0.223 e. The van der Waals surface area contributed by atoms with Crippen LogP contribution in [0.3, 0.4) is 0 Å². The summed E-state index contributed by atoms with van der Waals surface area (Å²) < 4.78 is 0. The number of carbonyl (C=O) groups is 1. The van der Waals surface area contributed by atoms with Gasteiger partial charge in [-0.2, -0.15) is 0 Å². The number of nitrogens with two attached hydrogens (primary N) is 1. The lowest BCUT2D eigenvalue weighted by Crippen LogP contribution is -2.31. The number of rotatable bonds is 5. The van der Waals surface area contributed by atoms with E-state index < -0.39 is 0 Å². The minimum atomic E-state index is 0.105. The van der Waals surface area contributed by atoms with Crippen LogP contribution in [0, 0.1) is 5.92 Å². The van der Waals surface area contributed by atoms with Gasteiger partial charge in [-0.1, -0.05) is 37.3 Å². The molecule has 3 nitrogen and oxygen atoms in total. The van der Waals surface area contributed by atoms with Gasteiger partial charge in [-0.05, 0) is 24.9 Å². The summed E-state index contributed by atoms with van der Waals surface area (Å²) in [7, 11) is 1.85. The first-order valence-electron chi connectivity index (χ1n) is 6.07. The number of hydrogen-bond donors (Lipinski definition) is 1. The van der Waals surface area contributed by atoms with E-state index in [0.29, 0.717) is 13.0 Å². The lowest BCUT2D eigenvalue weighted by molar-refractivity contribution is -0.132. The van der Waals surface area contributed by atoms with E-state index in [1.54, 1.807) is 4.90 Å². The van der Waals surface area contributed by atoms with Gasteiger partial charge in [0.15, 0.2) is 0 Å². The van der Waals surface area contributed by atoms with E-state index in [1.165, 1.54) is 0 Å². The van der Waals surface area contributed by atoms with Crippen molar-refractivity contribution in [2.45, 2.75) is 26.3 Å².